The van der Waals surface area contributed by atoms with Gasteiger partial charge in [-0.3, -0.25) is 14.2 Å². The lowest BCUT2D eigenvalue weighted by Gasteiger charge is -2.45. The number of methoxy groups -OCH3 is 1. The van der Waals surface area contributed by atoms with Crippen LogP contribution in [0.25, 0.3) is 10.9 Å². The van der Waals surface area contributed by atoms with Crippen LogP contribution in [0.15, 0.2) is 33.9 Å². The Kier molecular flexibility index (Phi) is 6.87. The van der Waals surface area contributed by atoms with Gasteiger partial charge in [-0.05, 0) is 56.8 Å². The van der Waals surface area contributed by atoms with E-state index in [1.165, 1.54) is 19.3 Å². The molecule has 0 bridgehead atoms. The van der Waals surface area contributed by atoms with Gasteiger partial charge in [0, 0.05) is 26.2 Å². The Morgan fingerprint density at radius 1 is 1.16 bits per heavy atom. The number of amides is 1. The molecule has 2 fully saturated rings. The van der Waals surface area contributed by atoms with Gasteiger partial charge in [0.25, 0.3) is 5.56 Å². The van der Waals surface area contributed by atoms with Gasteiger partial charge in [0.1, 0.15) is 6.54 Å². The van der Waals surface area contributed by atoms with Crippen LogP contribution in [0, 0.1) is 5.92 Å². The van der Waals surface area contributed by atoms with E-state index in [2.05, 4.69) is 9.88 Å². The highest BCUT2D eigenvalue weighted by molar-refractivity contribution is 5.79. The molecule has 3 heterocycles. The summed E-state index contributed by atoms with van der Waals surface area (Å²) in [5.41, 5.74) is -0.507. The summed E-state index contributed by atoms with van der Waals surface area (Å²) in [6.07, 6.45) is 5.93. The minimum Gasteiger partial charge on any atom is -0.383 e. The number of aromatic nitrogens is 2. The van der Waals surface area contributed by atoms with Crippen molar-refractivity contribution < 1.29 is 9.53 Å². The van der Waals surface area contributed by atoms with E-state index in [-0.39, 0.29) is 12.5 Å². The third-order valence-corrected chi connectivity index (χ3v) is 6.78. The average Bonchev–Trinajstić information content (AvgIpc) is 2.79. The van der Waals surface area contributed by atoms with Crippen LogP contribution in [0.2, 0.25) is 0 Å². The number of aromatic amines is 1. The van der Waals surface area contributed by atoms with Crippen molar-refractivity contribution in [2.45, 2.75) is 44.7 Å². The molecular weight excluding hydrogens is 396 g/mol. The molecule has 2 aliphatic rings. The summed E-state index contributed by atoms with van der Waals surface area (Å²) in [4.78, 5) is 45.7. The molecule has 2 aliphatic heterocycles. The fourth-order valence-corrected chi connectivity index (χ4v) is 5.17. The number of fused-ring (bicyclic) bond motifs is 2. The second kappa shape index (κ2) is 9.78. The molecule has 0 aliphatic carbocycles. The Hall–Kier alpha value is -2.45. The monoisotopic (exact) mass is 428 g/mol. The van der Waals surface area contributed by atoms with Crippen LogP contribution in [-0.4, -0.2) is 71.2 Å². The number of rotatable bonds is 7. The SMILES string of the molecule is COCCN(C[C@H]1CCCN2CCCC[C@H]12)C(=O)Cn1c(=O)[nH]c2ccccc2c1=O. The molecule has 0 unspecified atom stereocenters. The predicted molar refractivity (Wildman–Crippen MR) is 119 cm³/mol. The molecule has 168 valence electrons. The zero-order chi connectivity index (χ0) is 21.8. The zero-order valence-electron chi connectivity index (χ0n) is 18.2. The van der Waals surface area contributed by atoms with Crippen LogP contribution in [0.1, 0.15) is 32.1 Å². The van der Waals surface area contributed by atoms with Gasteiger partial charge in [-0.15, -0.1) is 0 Å². The highest BCUT2D eigenvalue weighted by Crippen LogP contribution is 2.31. The smallest absolute Gasteiger partial charge is 0.329 e. The van der Waals surface area contributed by atoms with Gasteiger partial charge < -0.3 is 19.5 Å². The molecule has 1 N–H and O–H groups in total. The summed E-state index contributed by atoms with van der Waals surface area (Å²) in [6.45, 7) is 3.56. The van der Waals surface area contributed by atoms with Crippen LogP contribution in [-0.2, 0) is 16.1 Å². The lowest BCUT2D eigenvalue weighted by Crippen LogP contribution is -2.52. The standard InChI is InChI=1S/C23H32N4O4/c1-31-14-13-26(15-17-7-6-12-25-11-5-4-10-20(17)25)21(28)16-27-22(29)18-8-2-3-9-19(18)24-23(27)30/h2-3,8-9,17,20H,4-7,10-16H2,1H3,(H,24,30)/t17-,20-/m1/s1. The topological polar surface area (TPSA) is 87.6 Å². The summed E-state index contributed by atoms with van der Waals surface area (Å²) in [7, 11) is 1.62. The average molecular weight is 429 g/mol. The van der Waals surface area contributed by atoms with Crippen LogP contribution in [0.3, 0.4) is 0 Å². The van der Waals surface area contributed by atoms with Crippen molar-refractivity contribution in [2.75, 3.05) is 39.9 Å². The maximum absolute atomic E-state index is 13.2. The molecule has 8 nitrogen and oxygen atoms in total. The Labute approximate surface area is 181 Å². The number of ether oxygens (including phenoxy) is 1. The Balaban J connectivity index is 1.54. The van der Waals surface area contributed by atoms with Crippen molar-refractivity contribution in [3.63, 3.8) is 0 Å². The highest BCUT2D eigenvalue weighted by Gasteiger charge is 2.34. The molecule has 1 aromatic heterocycles. The molecule has 0 spiro atoms. The summed E-state index contributed by atoms with van der Waals surface area (Å²) < 4.78 is 6.25. The van der Waals surface area contributed by atoms with Gasteiger partial charge in [0.05, 0.1) is 17.5 Å². The number of piperidine rings is 2. The molecule has 4 rings (SSSR count). The predicted octanol–water partition coefficient (Wildman–Crippen LogP) is 1.43. The zero-order valence-corrected chi connectivity index (χ0v) is 18.2. The normalized spacial score (nSPS) is 21.7. The van der Waals surface area contributed by atoms with E-state index in [0.29, 0.717) is 42.6 Å². The van der Waals surface area contributed by atoms with Crippen molar-refractivity contribution in [3.05, 3.63) is 45.1 Å². The van der Waals surface area contributed by atoms with E-state index in [4.69, 9.17) is 4.74 Å². The maximum atomic E-state index is 13.2. The fourth-order valence-electron chi connectivity index (χ4n) is 5.17. The number of carbonyl (C=O) groups excluding carboxylic acids is 1. The summed E-state index contributed by atoms with van der Waals surface area (Å²) in [5.74, 6) is 0.203. The first-order chi connectivity index (χ1) is 15.1. The Morgan fingerprint density at radius 2 is 1.97 bits per heavy atom. The van der Waals surface area contributed by atoms with E-state index in [1.54, 1.807) is 36.3 Å². The number of benzene rings is 1. The van der Waals surface area contributed by atoms with E-state index in [1.807, 2.05) is 0 Å². The first kappa shape index (κ1) is 21.8. The molecule has 31 heavy (non-hydrogen) atoms. The van der Waals surface area contributed by atoms with Crippen molar-refractivity contribution >= 4 is 16.8 Å². The quantitative estimate of drug-likeness (QED) is 0.721. The second-order valence-electron chi connectivity index (χ2n) is 8.70. The van der Waals surface area contributed by atoms with Crippen LogP contribution in [0.5, 0.6) is 0 Å². The second-order valence-corrected chi connectivity index (χ2v) is 8.70. The van der Waals surface area contributed by atoms with E-state index >= 15 is 0 Å². The van der Waals surface area contributed by atoms with Gasteiger partial charge >= 0.3 is 5.69 Å². The van der Waals surface area contributed by atoms with Crippen molar-refractivity contribution in [1.82, 2.24) is 19.4 Å². The number of hydrogen-bond acceptors (Lipinski definition) is 5. The number of carbonyl (C=O) groups is 1. The van der Waals surface area contributed by atoms with Crippen LogP contribution in [0.4, 0.5) is 0 Å². The van der Waals surface area contributed by atoms with Crippen molar-refractivity contribution in [3.8, 4) is 0 Å². The first-order valence-electron chi connectivity index (χ1n) is 11.3. The molecule has 1 aromatic carbocycles. The molecule has 2 saturated heterocycles. The number of para-hydroxylation sites is 1. The van der Waals surface area contributed by atoms with Crippen molar-refractivity contribution in [2.24, 2.45) is 5.92 Å². The number of nitrogens with one attached hydrogen (secondary N) is 1. The third-order valence-electron chi connectivity index (χ3n) is 6.78. The first-order valence-corrected chi connectivity index (χ1v) is 11.3. The van der Waals surface area contributed by atoms with E-state index in [9.17, 15) is 14.4 Å². The number of hydrogen-bond donors (Lipinski definition) is 1. The Morgan fingerprint density at radius 3 is 2.81 bits per heavy atom. The highest BCUT2D eigenvalue weighted by atomic mass is 16.5. The van der Waals surface area contributed by atoms with Crippen LogP contribution >= 0.6 is 0 Å². The van der Waals surface area contributed by atoms with E-state index < -0.39 is 11.2 Å². The molecule has 2 atom stereocenters. The molecule has 2 aromatic rings. The molecule has 8 heteroatoms. The van der Waals surface area contributed by atoms with Gasteiger partial charge in [0.15, 0.2) is 0 Å². The molecule has 0 radical (unpaired) electrons. The summed E-state index contributed by atoms with van der Waals surface area (Å²) in [5, 5.41) is 0.406. The maximum Gasteiger partial charge on any atom is 0.329 e. The van der Waals surface area contributed by atoms with Gasteiger partial charge in [-0.1, -0.05) is 18.6 Å². The van der Waals surface area contributed by atoms with Gasteiger partial charge in [-0.25, -0.2) is 4.79 Å². The van der Waals surface area contributed by atoms with E-state index in [0.717, 1.165) is 30.5 Å². The molecule has 0 saturated carbocycles. The lowest BCUT2D eigenvalue weighted by molar-refractivity contribution is -0.134. The molecular formula is C23H32N4O4. The number of nitrogens with zero attached hydrogens (tertiary/aromatic N) is 3. The number of H-pyrrole nitrogens is 1. The Bertz CT molecular complexity index is 1030. The van der Waals surface area contributed by atoms with Gasteiger partial charge in [-0.2, -0.15) is 0 Å². The summed E-state index contributed by atoms with van der Waals surface area (Å²) >= 11 is 0. The van der Waals surface area contributed by atoms with Crippen LogP contribution < -0.4 is 11.2 Å². The fraction of sp³-hybridized carbons (Fsp3) is 0.609. The largest absolute Gasteiger partial charge is 0.383 e. The van der Waals surface area contributed by atoms with Crippen molar-refractivity contribution in [1.29, 1.82) is 0 Å². The third kappa shape index (κ3) is 4.75. The van der Waals surface area contributed by atoms with Gasteiger partial charge in [0.2, 0.25) is 5.91 Å². The minimum absolute atomic E-state index is 0.215. The lowest BCUT2D eigenvalue weighted by atomic mass is 9.83. The molecule has 1 amide bonds. The minimum atomic E-state index is -0.556. The summed E-state index contributed by atoms with van der Waals surface area (Å²) in [6, 6.07) is 7.38.